The maximum absolute atomic E-state index is 10.3. The molecule has 0 radical (unpaired) electrons. The summed E-state index contributed by atoms with van der Waals surface area (Å²) in [5, 5.41) is 10.3. The summed E-state index contributed by atoms with van der Waals surface area (Å²) in [6, 6.07) is 7.84. The predicted octanol–water partition coefficient (Wildman–Crippen LogP) is 3.10. The highest BCUT2D eigenvalue weighted by Gasteiger charge is 2.27. The minimum atomic E-state index is -0.410. The van der Waals surface area contributed by atoms with Crippen molar-refractivity contribution < 1.29 is 9.84 Å². The molecule has 1 aromatic rings. The van der Waals surface area contributed by atoms with Crippen LogP contribution in [-0.4, -0.2) is 36.2 Å². The molecule has 1 N–H and O–H groups in total. The van der Waals surface area contributed by atoms with E-state index in [1.165, 1.54) is 0 Å². The van der Waals surface area contributed by atoms with Gasteiger partial charge in [0.15, 0.2) is 0 Å². The van der Waals surface area contributed by atoms with E-state index >= 15 is 0 Å². The Labute approximate surface area is 122 Å². The van der Waals surface area contributed by atoms with Gasteiger partial charge in [-0.2, -0.15) is 0 Å². The van der Waals surface area contributed by atoms with Gasteiger partial charge < -0.3 is 9.84 Å². The lowest BCUT2D eigenvalue weighted by molar-refractivity contribution is 0.123. The minimum absolute atomic E-state index is 0.410. The molecule has 0 aliphatic carbocycles. The number of nitrogens with zero attached hydrogens (tertiary/aromatic N) is 1. The van der Waals surface area contributed by atoms with E-state index in [4.69, 9.17) is 4.74 Å². The van der Waals surface area contributed by atoms with Crippen molar-refractivity contribution in [2.45, 2.75) is 33.3 Å². The van der Waals surface area contributed by atoms with Crippen LogP contribution in [0, 0.1) is 11.8 Å². The Morgan fingerprint density at radius 1 is 1.20 bits per heavy atom. The van der Waals surface area contributed by atoms with Crippen LogP contribution in [0.4, 0.5) is 0 Å². The molecule has 1 fully saturated rings. The standard InChI is InChI=1S/C17H27NO2/c1-4-9-20-16-7-5-15(6-8-16)17(19)12-18-10-13(2)14(3)11-18/h5-8,13-14,17,19H,4,9-12H2,1-3H3. The summed E-state index contributed by atoms with van der Waals surface area (Å²) in [4.78, 5) is 2.36. The van der Waals surface area contributed by atoms with E-state index in [0.717, 1.165) is 55.8 Å². The summed E-state index contributed by atoms with van der Waals surface area (Å²) < 4.78 is 5.56. The number of rotatable bonds is 6. The van der Waals surface area contributed by atoms with E-state index in [9.17, 15) is 5.11 Å². The van der Waals surface area contributed by atoms with Gasteiger partial charge in [0, 0.05) is 19.6 Å². The van der Waals surface area contributed by atoms with Crippen LogP contribution < -0.4 is 4.74 Å². The number of ether oxygens (including phenoxy) is 1. The van der Waals surface area contributed by atoms with E-state index in [1.807, 2.05) is 24.3 Å². The first-order chi connectivity index (χ1) is 9.60. The summed E-state index contributed by atoms with van der Waals surface area (Å²) in [6.45, 7) is 10.3. The van der Waals surface area contributed by atoms with Gasteiger partial charge in [0.05, 0.1) is 12.7 Å². The van der Waals surface area contributed by atoms with Gasteiger partial charge in [-0.3, -0.25) is 4.90 Å². The van der Waals surface area contributed by atoms with Crippen LogP contribution in [0.2, 0.25) is 0 Å². The fraction of sp³-hybridized carbons (Fsp3) is 0.647. The summed E-state index contributed by atoms with van der Waals surface area (Å²) in [6.07, 6.45) is 0.600. The molecule has 0 bridgehead atoms. The van der Waals surface area contributed by atoms with Crippen molar-refractivity contribution in [2.24, 2.45) is 11.8 Å². The largest absolute Gasteiger partial charge is 0.494 e. The van der Waals surface area contributed by atoms with Crippen molar-refractivity contribution in [1.29, 1.82) is 0 Å². The van der Waals surface area contributed by atoms with E-state index < -0.39 is 6.10 Å². The van der Waals surface area contributed by atoms with Crippen LogP contribution in [-0.2, 0) is 0 Å². The van der Waals surface area contributed by atoms with Crippen molar-refractivity contribution in [3.63, 3.8) is 0 Å². The van der Waals surface area contributed by atoms with Crippen molar-refractivity contribution in [3.05, 3.63) is 29.8 Å². The smallest absolute Gasteiger partial charge is 0.119 e. The second-order valence-corrected chi connectivity index (χ2v) is 6.11. The molecule has 3 heteroatoms. The second-order valence-electron chi connectivity index (χ2n) is 6.11. The van der Waals surface area contributed by atoms with Crippen LogP contribution >= 0.6 is 0 Å². The van der Waals surface area contributed by atoms with E-state index in [-0.39, 0.29) is 0 Å². The van der Waals surface area contributed by atoms with Gasteiger partial charge in [0.2, 0.25) is 0 Å². The van der Waals surface area contributed by atoms with Gasteiger partial charge in [-0.05, 0) is 36.0 Å². The first-order valence-electron chi connectivity index (χ1n) is 7.73. The number of hydrogen-bond acceptors (Lipinski definition) is 3. The maximum atomic E-state index is 10.3. The molecule has 1 heterocycles. The quantitative estimate of drug-likeness (QED) is 0.867. The minimum Gasteiger partial charge on any atom is -0.494 e. The lowest BCUT2D eigenvalue weighted by Crippen LogP contribution is -2.26. The predicted molar refractivity (Wildman–Crippen MR) is 82.0 cm³/mol. The Morgan fingerprint density at radius 3 is 2.35 bits per heavy atom. The molecule has 1 aliphatic rings. The third-order valence-corrected chi connectivity index (χ3v) is 4.23. The van der Waals surface area contributed by atoms with Crippen LogP contribution in [0.5, 0.6) is 5.75 Å². The topological polar surface area (TPSA) is 32.7 Å². The van der Waals surface area contributed by atoms with Gasteiger partial charge in [-0.25, -0.2) is 0 Å². The van der Waals surface area contributed by atoms with Gasteiger partial charge in [0.1, 0.15) is 5.75 Å². The monoisotopic (exact) mass is 277 g/mol. The highest BCUT2D eigenvalue weighted by molar-refractivity contribution is 5.28. The molecular formula is C17H27NO2. The van der Waals surface area contributed by atoms with Gasteiger partial charge in [-0.15, -0.1) is 0 Å². The van der Waals surface area contributed by atoms with E-state index in [0.29, 0.717) is 0 Å². The highest BCUT2D eigenvalue weighted by atomic mass is 16.5. The van der Waals surface area contributed by atoms with Crippen molar-refractivity contribution in [2.75, 3.05) is 26.2 Å². The Morgan fingerprint density at radius 2 is 1.80 bits per heavy atom. The SMILES string of the molecule is CCCOc1ccc(C(O)CN2CC(C)C(C)C2)cc1. The number of benzene rings is 1. The second kappa shape index (κ2) is 7.09. The Bertz CT molecular complexity index is 394. The van der Waals surface area contributed by atoms with Crippen molar-refractivity contribution >= 4 is 0 Å². The Kier molecular flexibility index (Phi) is 5.44. The molecular weight excluding hydrogens is 250 g/mol. The van der Waals surface area contributed by atoms with Gasteiger partial charge >= 0.3 is 0 Å². The van der Waals surface area contributed by atoms with Gasteiger partial charge in [0.25, 0.3) is 0 Å². The number of hydrogen-bond donors (Lipinski definition) is 1. The first-order valence-corrected chi connectivity index (χ1v) is 7.73. The lowest BCUT2D eigenvalue weighted by atomic mass is 10.0. The normalized spacial score (nSPS) is 24.8. The van der Waals surface area contributed by atoms with Gasteiger partial charge in [-0.1, -0.05) is 32.9 Å². The molecule has 20 heavy (non-hydrogen) atoms. The molecule has 0 saturated carbocycles. The Hall–Kier alpha value is -1.06. The molecule has 1 aromatic carbocycles. The van der Waals surface area contributed by atoms with Crippen LogP contribution in [0.3, 0.4) is 0 Å². The third-order valence-electron chi connectivity index (χ3n) is 4.23. The van der Waals surface area contributed by atoms with Crippen molar-refractivity contribution in [1.82, 2.24) is 4.90 Å². The molecule has 3 unspecified atom stereocenters. The molecule has 2 rings (SSSR count). The Balaban J connectivity index is 1.87. The van der Waals surface area contributed by atoms with Crippen molar-refractivity contribution in [3.8, 4) is 5.75 Å². The number of aliphatic hydroxyl groups is 1. The molecule has 0 spiro atoms. The summed E-state index contributed by atoms with van der Waals surface area (Å²) in [7, 11) is 0. The number of likely N-dealkylation sites (tertiary alicyclic amines) is 1. The summed E-state index contributed by atoms with van der Waals surface area (Å²) in [5.41, 5.74) is 0.973. The zero-order chi connectivity index (χ0) is 14.5. The van der Waals surface area contributed by atoms with Crippen LogP contribution in [0.1, 0.15) is 38.9 Å². The molecule has 112 valence electrons. The molecule has 3 nitrogen and oxygen atoms in total. The van der Waals surface area contributed by atoms with E-state index in [2.05, 4.69) is 25.7 Å². The molecule has 1 saturated heterocycles. The summed E-state index contributed by atoms with van der Waals surface area (Å²) >= 11 is 0. The first kappa shape index (κ1) is 15.3. The average molecular weight is 277 g/mol. The third kappa shape index (κ3) is 3.97. The average Bonchev–Trinajstić information content (AvgIpc) is 2.75. The van der Waals surface area contributed by atoms with E-state index in [1.54, 1.807) is 0 Å². The highest BCUT2D eigenvalue weighted by Crippen LogP contribution is 2.25. The zero-order valence-electron chi connectivity index (χ0n) is 12.9. The molecule has 0 amide bonds. The molecule has 1 aliphatic heterocycles. The fourth-order valence-corrected chi connectivity index (χ4v) is 2.75. The number of aliphatic hydroxyl groups excluding tert-OH is 1. The fourth-order valence-electron chi connectivity index (χ4n) is 2.75. The van der Waals surface area contributed by atoms with Crippen LogP contribution in [0.15, 0.2) is 24.3 Å². The number of β-amino-alcohol motifs (C(OH)–C–C–N with tert-alkyl or cyclic N) is 1. The van der Waals surface area contributed by atoms with Crippen LogP contribution in [0.25, 0.3) is 0 Å². The maximum Gasteiger partial charge on any atom is 0.119 e. The molecule has 0 aromatic heterocycles. The summed E-state index contributed by atoms with van der Waals surface area (Å²) in [5.74, 6) is 2.34. The molecule has 3 atom stereocenters. The zero-order valence-corrected chi connectivity index (χ0v) is 12.9. The lowest BCUT2D eigenvalue weighted by Gasteiger charge is -2.20.